The van der Waals surface area contributed by atoms with Crippen molar-refractivity contribution in [2.24, 2.45) is 0 Å². The van der Waals surface area contributed by atoms with E-state index in [9.17, 15) is 5.11 Å². The van der Waals surface area contributed by atoms with Crippen LogP contribution in [0.25, 0.3) is 0 Å². The maximum atomic E-state index is 9.70. The number of benzene rings is 1. The van der Waals surface area contributed by atoms with E-state index >= 15 is 0 Å². The first-order chi connectivity index (χ1) is 8.15. The molecule has 0 saturated carbocycles. The summed E-state index contributed by atoms with van der Waals surface area (Å²) in [7, 11) is 0. The number of hydrogen-bond acceptors (Lipinski definition) is 3. The van der Waals surface area contributed by atoms with E-state index < -0.39 is 0 Å². The Labute approximate surface area is 111 Å². The third-order valence-corrected chi connectivity index (χ3v) is 2.94. The highest BCUT2D eigenvalue weighted by atomic mass is 35.5. The van der Waals surface area contributed by atoms with Crippen LogP contribution in [-0.2, 0) is 6.54 Å². The van der Waals surface area contributed by atoms with Gasteiger partial charge in [-0.3, -0.25) is 0 Å². The number of halogens is 2. The van der Waals surface area contributed by atoms with Gasteiger partial charge in [0.15, 0.2) is 0 Å². The number of rotatable bonds is 7. The van der Waals surface area contributed by atoms with Crippen LogP contribution >= 0.6 is 23.2 Å². The molecule has 0 radical (unpaired) electrons. The second-order valence-corrected chi connectivity index (χ2v) is 4.70. The lowest BCUT2D eigenvalue weighted by molar-refractivity contribution is 0.283. The zero-order valence-corrected chi connectivity index (χ0v) is 11.1. The van der Waals surface area contributed by atoms with Crippen molar-refractivity contribution in [3.05, 3.63) is 27.7 Å². The monoisotopic (exact) mass is 277 g/mol. The fourth-order valence-electron chi connectivity index (χ4n) is 1.52. The van der Waals surface area contributed by atoms with E-state index in [1.807, 2.05) is 0 Å². The Morgan fingerprint density at radius 2 is 1.88 bits per heavy atom. The van der Waals surface area contributed by atoms with E-state index in [-0.39, 0.29) is 17.4 Å². The minimum atomic E-state index is 0.0823. The van der Waals surface area contributed by atoms with Gasteiger partial charge < -0.3 is 15.5 Å². The lowest BCUT2D eigenvalue weighted by Gasteiger charge is -2.08. The Hall–Kier alpha value is -0.480. The van der Waals surface area contributed by atoms with Crippen molar-refractivity contribution in [2.75, 3.05) is 13.2 Å². The van der Waals surface area contributed by atoms with Crippen molar-refractivity contribution in [2.45, 2.75) is 25.8 Å². The normalized spacial score (nSPS) is 10.8. The summed E-state index contributed by atoms with van der Waals surface area (Å²) in [5, 5.41) is 22.3. The SMILES string of the molecule is OCCCCCNCc1cc(Cl)cc(Cl)c1O. The molecule has 0 saturated heterocycles. The number of unbranched alkanes of at least 4 members (excludes halogenated alkanes) is 2. The van der Waals surface area contributed by atoms with E-state index in [1.54, 1.807) is 6.07 Å². The molecule has 0 aromatic heterocycles. The third kappa shape index (κ3) is 5.13. The van der Waals surface area contributed by atoms with Crippen molar-refractivity contribution < 1.29 is 10.2 Å². The van der Waals surface area contributed by atoms with Crippen LogP contribution in [0.5, 0.6) is 5.75 Å². The largest absolute Gasteiger partial charge is 0.506 e. The Bertz CT molecular complexity index is 359. The van der Waals surface area contributed by atoms with Crippen molar-refractivity contribution in [1.29, 1.82) is 0 Å². The summed E-state index contributed by atoms with van der Waals surface area (Å²) in [5.74, 6) is 0.0823. The van der Waals surface area contributed by atoms with Crippen molar-refractivity contribution >= 4 is 23.2 Å². The van der Waals surface area contributed by atoms with Crippen LogP contribution in [0.15, 0.2) is 12.1 Å². The summed E-state index contributed by atoms with van der Waals surface area (Å²) < 4.78 is 0. The molecule has 5 heteroatoms. The van der Waals surface area contributed by atoms with E-state index in [1.165, 1.54) is 6.07 Å². The molecule has 0 heterocycles. The van der Waals surface area contributed by atoms with Gasteiger partial charge in [-0.2, -0.15) is 0 Å². The zero-order valence-electron chi connectivity index (χ0n) is 9.55. The molecule has 0 aliphatic carbocycles. The van der Waals surface area contributed by atoms with E-state index in [0.29, 0.717) is 17.1 Å². The number of nitrogens with one attached hydrogen (secondary N) is 1. The molecule has 3 N–H and O–H groups in total. The molecule has 0 spiro atoms. The van der Waals surface area contributed by atoms with Gasteiger partial charge in [0.25, 0.3) is 0 Å². The average molecular weight is 278 g/mol. The molecule has 1 aromatic carbocycles. The van der Waals surface area contributed by atoms with E-state index in [2.05, 4.69) is 5.32 Å². The van der Waals surface area contributed by atoms with Crippen molar-refractivity contribution in [3.63, 3.8) is 0 Å². The molecule has 96 valence electrons. The van der Waals surface area contributed by atoms with Crippen LogP contribution in [0.3, 0.4) is 0 Å². The van der Waals surface area contributed by atoms with Crippen LogP contribution in [0.2, 0.25) is 10.0 Å². The summed E-state index contributed by atoms with van der Waals surface area (Å²) in [4.78, 5) is 0. The van der Waals surface area contributed by atoms with Gasteiger partial charge in [-0.05, 0) is 37.9 Å². The predicted octanol–water partition coefficient (Wildman–Crippen LogP) is 2.95. The molecule has 0 fully saturated rings. The minimum Gasteiger partial charge on any atom is -0.506 e. The average Bonchev–Trinajstić information content (AvgIpc) is 2.29. The molecular weight excluding hydrogens is 261 g/mol. The third-order valence-electron chi connectivity index (χ3n) is 2.43. The Balaban J connectivity index is 2.36. The molecule has 0 amide bonds. The fourth-order valence-corrected chi connectivity index (χ4v) is 2.05. The van der Waals surface area contributed by atoms with Crippen LogP contribution < -0.4 is 5.32 Å². The van der Waals surface area contributed by atoms with Gasteiger partial charge in [0.05, 0.1) is 5.02 Å². The standard InChI is InChI=1S/C12H17Cl2NO2/c13-10-6-9(12(17)11(14)7-10)8-15-4-2-1-3-5-16/h6-7,15-17H,1-5,8H2. The zero-order chi connectivity index (χ0) is 12.7. The number of hydrogen-bond donors (Lipinski definition) is 3. The minimum absolute atomic E-state index is 0.0823. The number of aromatic hydroxyl groups is 1. The Kier molecular flexibility index (Phi) is 6.66. The summed E-state index contributed by atoms with van der Waals surface area (Å²) in [6, 6.07) is 3.21. The summed E-state index contributed by atoms with van der Waals surface area (Å²) in [5.41, 5.74) is 0.699. The number of phenolic OH excluding ortho intramolecular Hbond substituents is 1. The van der Waals surface area contributed by atoms with Gasteiger partial charge in [0.1, 0.15) is 5.75 Å². The molecular formula is C12H17Cl2NO2. The molecule has 0 aliphatic rings. The number of aliphatic hydroxyl groups excluding tert-OH is 1. The maximum Gasteiger partial charge on any atom is 0.138 e. The van der Waals surface area contributed by atoms with Gasteiger partial charge in [0.2, 0.25) is 0 Å². The quantitative estimate of drug-likeness (QED) is 0.672. The van der Waals surface area contributed by atoms with Crippen LogP contribution in [0.1, 0.15) is 24.8 Å². The fraction of sp³-hybridized carbons (Fsp3) is 0.500. The summed E-state index contributed by atoms with van der Waals surface area (Å²) in [6.07, 6.45) is 2.82. The molecule has 17 heavy (non-hydrogen) atoms. The van der Waals surface area contributed by atoms with E-state index in [0.717, 1.165) is 25.8 Å². The first kappa shape index (κ1) is 14.6. The molecule has 3 nitrogen and oxygen atoms in total. The molecule has 0 atom stereocenters. The summed E-state index contributed by atoms with van der Waals surface area (Å²) in [6.45, 7) is 1.61. The number of aliphatic hydroxyl groups is 1. The molecule has 0 aliphatic heterocycles. The van der Waals surface area contributed by atoms with Gasteiger partial charge in [-0.25, -0.2) is 0 Å². The van der Waals surface area contributed by atoms with Gasteiger partial charge in [-0.15, -0.1) is 0 Å². The topological polar surface area (TPSA) is 52.5 Å². The van der Waals surface area contributed by atoms with Crippen molar-refractivity contribution in [3.8, 4) is 5.75 Å². The number of phenols is 1. The molecule has 1 rings (SSSR count). The van der Waals surface area contributed by atoms with Gasteiger partial charge in [0, 0.05) is 23.7 Å². The van der Waals surface area contributed by atoms with Crippen LogP contribution in [0.4, 0.5) is 0 Å². The molecule has 0 unspecified atom stereocenters. The smallest absolute Gasteiger partial charge is 0.138 e. The second kappa shape index (κ2) is 7.77. The van der Waals surface area contributed by atoms with Crippen LogP contribution in [0, 0.1) is 0 Å². The summed E-state index contributed by atoms with van der Waals surface area (Å²) >= 11 is 11.7. The second-order valence-electron chi connectivity index (χ2n) is 3.86. The maximum absolute atomic E-state index is 9.70. The van der Waals surface area contributed by atoms with Gasteiger partial charge in [-0.1, -0.05) is 23.2 Å². The highest BCUT2D eigenvalue weighted by Crippen LogP contribution is 2.30. The highest BCUT2D eigenvalue weighted by Gasteiger charge is 2.07. The first-order valence-corrected chi connectivity index (χ1v) is 6.39. The highest BCUT2D eigenvalue weighted by molar-refractivity contribution is 6.35. The Morgan fingerprint density at radius 3 is 2.59 bits per heavy atom. The van der Waals surface area contributed by atoms with Crippen LogP contribution in [-0.4, -0.2) is 23.4 Å². The van der Waals surface area contributed by atoms with Gasteiger partial charge >= 0.3 is 0 Å². The van der Waals surface area contributed by atoms with Crippen molar-refractivity contribution in [1.82, 2.24) is 5.32 Å². The lowest BCUT2D eigenvalue weighted by Crippen LogP contribution is -2.14. The Morgan fingerprint density at radius 1 is 1.12 bits per heavy atom. The lowest BCUT2D eigenvalue weighted by atomic mass is 10.2. The predicted molar refractivity (Wildman–Crippen MR) is 70.8 cm³/mol. The molecule has 1 aromatic rings. The molecule has 0 bridgehead atoms. The van der Waals surface area contributed by atoms with E-state index in [4.69, 9.17) is 28.3 Å². The first-order valence-electron chi connectivity index (χ1n) is 5.63.